The quantitative estimate of drug-likeness (QED) is 0.425. The lowest BCUT2D eigenvalue weighted by Crippen LogP contribution is -2.54. The van der Waals surface area contributed by atoms with Crippen LogP contribution in [0.25, 0.3) is 11.0 Å². The molecule has 3 aromatic rings. The molecule has 0 saturated carbocycles. The number of carbonyl (C=O) groups excluding carboxylic acids is 2. The fraction of sp³-hybridized carbons (Fsp3) is 0.483. The maximum atomic E-state index is 13.3. The molecule has 2 N–H and O–H groups in total. The predicted octanol–water partition coefficient (Wildman–Crippen LogP) is 4.57. The van der Waals surface area contributed by atoms with E-state index in [0.29, 0.717) is 30.5 Å². The van der Waals surface area contributed by atoms with Gasteiger partial charge in [-0.3, -0.25) is 9.78 Å². The van der Waals surface area contributed by atoms with Crippen molar-refractivity contribution in [3.8, 4) is 5.88 Å². The smallest absolute Gasteiger partial charge is 0.410 e. The van der Waals surface area contributed by atoms with Gasteiger partial charge in [-0.15, -0.1) is 11.8 Å². The summed E-state index contributed by atoms with van der Waals surface area (Å²) in [7, 11) is 1.61. The lowest BCUT2D eigenvalue weighted by Gasteiger charge is -2.40. The van der Waals surface area contributed by atoms with Crippen molar-refractivity contribution in [2.45, 2.75) is 75.6 Å². The number of hydrogen-bond acceptors (Lipinski definition) is 9. The molecule has 1 saturated heterocycles. The van der Waals surface area contributed by atoms with Gasteiger partial charge >= 0.3 is 6.09 Å². The average Bonchev–Trinajstić information content (AvgIpc) is 2.93. The third-order valence-electron chi connectivity index (χ3n) is 7.04. The van der Waals surface area contributed by atoms with E-state index >= 15 is 0 Å². The van der Waals surface area contributed by atoms with Gasteiger partial charge in [0.15, 0.2) is 0 Å². The number of thioether (sulfide) groups is 1. The van der Waals surface area contributed by atoms with Gasteiger partial charge in [0.05, 0.1) is 34.5 Å². The third-order valence-corrected chi connectivity index (χ3v) is 8.08. The van der Waals surface area contributed by atoms with Crippen LogP contribution in [0.2, 0.25) is 0 Å². The molecule has 0 spiro atoms. The number of hydrogen-bond donors (Lipinski definition) is 2. The molecule has 3 aromatic heterocycles. The molecule has 2 atom stereocenters. The average molecular weight is 565 g/mol. The Balaban J connectivity index is 1.26. The minimum absolute atomic E-state index is 0.0314. The highest BCUT2D eigenvalue weighted by Crippen LogP contribution is 2.30. The van der Waals surface area contributed by atoms with Crippen molar-refractivity contribution in [3.63, 3.8) is 0 Å². The van der Waals surface area contributed by atoms with Crippen LogP contribution in [0.5, 0.6) is 5.88 Å². The summed E-state index contributed by atoms with van der Waals surface area (Å²) in [5.74, 6) is 1.56. The molecule has 11 heteroatoms. The summed E-state index contributed by atoms with van der Waals surface area (Å²) in [6.45, 7) is 6.75. The number of nitrogens with zero attached hydrogens (tertiary/aromatic N) is 4. The van der Waals surface area contributed by atoms with Crippen molar-refractivity contribution in [2.75, 3.05) is 24.7 Å². The number of methoxy groups -OCH3 is 1. The number of likely N-dealkylation sites (tertiary alicyclic amines) is 1. The number of aryl methyl sites for hydroxylation is 1. The van der Waals surface area contributed by atoms with Gasteiger partial charge in [-0.25, -0.2) is 14.8 Å². The molecule has 10 nitrogen and oxygen atoms in total. The van der Waals surface area contributed by atoms with E-state index in [1.807, 2.05) is 56.0 Å². The SMILES string of the molecule is COc1ccc2nccc(CC[C@H]3CC[C@H](NCc4ccc5c(n4)NC(=O)CS5)CN3C(=O)OC(C)(C)C)c2n1. The van der Waals surface area contributed by atoms with Crippen molar-refractivity contribution in [1.82, 2.24) is 25.2 Å². The zero-order chi connectivity index (χ0) is 28.3. The Labute approximate surface area is 238 Å². The van der Waals surface area contributed by atoms with Gasteiger partial charge in [-0.2, -0.15) is 0 Å². The van der Waals surface area contributed by atoms with Gasteiger partial charge in [0.25, 0.3) is 0 Å². The Bertz CT molecular complexity index is 1390. The molecular weight excluding hydrogens is 528 g/mol. The molecule has 2 amide bonds. The standard InChI is InChI=1S/C29H36N6O4S/c1-29(2,3)39-28(37)35-16-20(31-15-19-7-11-23-27(32-19)33-24(36)17-40-23)6-9-21(35)8-5-18-13-14-30-22-10-12-25(38-4)34-26(18)22/h7,10-14,20-21,31H,5-6,8-9,15-17H2,1-4H3,(H,32,33,36)/t20-,21-/m0/s1. The van der Waals surface area contributed by atoms with Crippen molar-refractivity contribution < 1.29 is 19.1 Å². The second-order valence-corrected chi connectivity index (χ2v) is 12.2. The Morgan fingerprint density at radius 1 is 1.18 bits per heavy atom. The Hall–Kier alpha value is -3.44. The predicted molar refractivity (Wildman–Crippen MR) is 155 cm³/mol. The summed E-state index contributed by atoms with van der Waals surface area (Å²) in [6, 6.07) is 9.84. The van der Waals surface area contributed by atoms with E-state index in [4.69, 9.17) is 9.47 Å². The Morgan fingerprint density at radius 2 is 2.02 bits per heavy atom. The van der Waals surface area contributed by atoms with Crippen LogP contribution in [0, 0.1) is 0 Å². The summed E-state index contributed by atoms with van der Waals surface area (Å²) in [6.07, 6.45) is 4.82. The van der Waals surface area contributed by atoms with Gasteiger partial charge in [-0.05, 0) is 76.3 Å². The zero-order valence-corrected chi connectivity index (χ0v) is 24.2. The van der Waals surface area contributed by atoms with E-state index in [2.05, 4.69) is 25.6 Å². The number of carbonyl (C=O) groups is 2. The van der Waals surface area contributed by atoms with E-state index in [0.717, 1.165) is 52.9 Å². The maximum Gasteiger partial charge on any atom is 0.410 e. The number of piperidine rings is 1. The number of rotatable bonds is 7. The number of aromatic nitrogens is 3. The van der Waals surface area contributed by atoms with Gasteiger partial charge in [-0.1, -0.05) is 0 Å². The van der Waals surface area contributed by atoms with Crippen molar-refractivity contribution in [2.24, 2.45) is 0 Å². The second-order valence-electron chi connectivity index (χ2n) is 11.2. The molecule has 5 rings (SSSR count). The van der Waals surface area contributed by atoms with Crippen molar-refractivity contribution >= 4 is 40.6 Å². The normalized spacial score (nSPS) is 19.2. The minimum atomic E-state index is -0.584. The summed E-state index contributed by atoms with van der Waals surface area (Å²) in [5.41, 5.74) is 2.99. The molecule has 1 fully saturated rings. The number of anilines is 1. The van der Waals surface area contributed by atoms with Crippen LogP contribution < -0.4 is 15.4 Å². The lowest BCUT2D eigenvalue weighted by molar-refractivity contribution is -0.113. The molecule has 0 bridgehead atoms. The molecule has 2 aliphatic rings. The highest BCUT2D eigenvalue weighted by molar-refractivity contribution is 8.00. The van der Waals surface area contributed by atoms with Crippen molar-refractivity contribution in [1.29, 1.82) is 0 Å². The number of fused-ring (bicyclic) bond motifs is 2. The van der Waals surface area contributed by atoms with Crippen LogP contribution >= 0.6 is 11.8 Å². The Kier molecular flexibility index (Phi) is 8.41. The van der Waals surface area contributed by atoms with Gasteiger partial charge in [0.1, 0.15) is 11.4 Å². The summed E-state index contributed by atoms with van der Waals surface area (Å²) in [4.78, 5) is 41.6. The first-order chi connectivity index (χ1) is 19.2. The highest BCUT2D eigenvalue weighted by atomic mass is 32.2. The second kappa shape index (κ2) is 12.0. The van der Waals surface area contributed by atoms with E-state index < -0.39 is 5.60 Å². The monoisotopic (exact) mass is 564 g/mol. The van der Waals surface area contributed by atoms with Crippen LogP contribution in [-0.4, -0.2) is 68.9 Å². The van der Waals surface area contributed by atoms with Crippen LogP contribution in [0.1, 0.15) is 51.3 Å². The highest BCUT2D eigenvalue weighted by Gasteiger charge is 2.34. The van der Waals surface area contributed by atoms with Gasteiger partial charge in [0.2, 0.25) is 11.8 Å². The number of amides is 2. The minimum Gasteiger partial charge on any atom is -0.481 e. The largest absolute Gasteiger partial charge is 0.481 e. The fourth-order valence-electron chi connectivity index (χ4n) is 5.09. The first-order valence-electron chi connectivity index (χ1n) is 13.6. The van der Waals surface area contributed by atoms with E-state index in [-0.39, 0.29) is 24.1 Å². The fourth-order valence-corrected chi connectivity index (χ4v) is 5.84. The molecule has 0 unspecified atom stereocenters. The first kappa shape index (κ1) is 28.1. The molecule has 0 radical (unpaired) electrons. The molecule has 0 aliphatic carbocycles. The third kappa shape index (κ3) is 6.82. The Morgan fingerprint density at radius 3 is 2.83 bits per heavy atom. The zero-order valence-electron chi connectivity index (χ0n) is 23.4. The van der Waals surface area contributed by atoms with E-state index in [1.165, 1.54) is 11.8 Å². The summed E-state index contributed by atoms with van der Waals surface area (Å²) in [5, 5.41) is 6.42. The van der Waals surface area contributed by atoms with Crippen LogP contribution in [0.4, 0.5) is 10.6 Å². The molecule has 212 valence electrons. The topological polar surface area (TPSA) is 119 Å². The molecule has 2 aliphatic heterocycles. The van der Waals surface area contributed by atoms with Crippen LogP contribution in [0.15, 0.2) is 41.4 Å². The summed E-state index contributed by atoms with van der Waals surface area (Å²) >= 11 is 1.50. The van der Waals surface area contributed by atoms with Gasteiger partial charge in [0, 0.05) is 37.4 Å². The molecule has 5 heterocycles. The number of ether oxygens (including phenoxy) is 2. The van der Waals surface area contributed by atoms with E-state index in [9.17, 15) is 9.59 Å². The van der Waals surface area contributed by atoms with Crippen LogP contribution in [0.3, 0.4) is 0 Å². The van der Waals surface area contributed by atoms with Crippen LogP contribution in [-0.2, 0) is 22.5 Å². The van der Waals surface area contributed by atoms with Crippen molar-refractivity contribution in [3.05, 3.63) is 47.8 Å². The number of pyridine rings is 3. The maximum absolute atomic E-state index is 13.3. The van der Waals surface area contributed by atoms with Gasteiger partial charge < -0.3 is 25.0 Å². The molecule has 40 heavy (non-hydrogen) atoms. The summed E-state index contributed by atoms with van der Waals surface area (Å²) < 4.78 is 11.1. The number of nitrogens with one attached hydrogen (secondary N) is 2. The van der Waals surface area contributed by atoms with E-state index in [1.54, 1.807) is 13.3 Å². The lowest BCUT2D eigenvalue weighted by atomic mass is 9.93. The molecular formula is C29H36N6O4S. The first-order valence-corrected chi connectivity index (χ1v) is 14.6. The molecule has 0 aromatic carbocycles.